The molecular weight excluding hydrogens is 889 g/mol. The van der Waals surface area contributed by atoms with Crippen LogP contribution in [-0.2, 0) is 38.0 Å². The van der Waals surface area contributed by atoms with E-state index in [4.69, 9.17) is 19.3 Å². The highest BCUT2D eigenvalue weighted by Crippen LogP contribution is 2.50. The number of aliphatic carboxylic acids is 1. The Bertz CT molecular complexity index is 2420. The number of cyclic esters (lactones) is 1. The van der Waals surface area contributed by atoms with Crippen molar-refractivity contribution in [3.63, 3.8) is 0 Å². The van der Waals surface area contributed by atoms with Crippen molar-refractivity contribution in [3.8, 4) is 11.5 Å². The summed E-state index contributed by atoms with van der Waals surface area (Å²) in [5.41, 5.74) is 12.7. The average Bonchev–Trinajstić information content (AvgIpc) is 4.26. The molecule has 388 valence electrons. The van der Waals surface area contributed by atoms with Crippen LogP contribution in [-0.4, -0.2) is 70.0 Å². The van der Waals surface area contributed by atoms with Crippen molar-refractivity contribution >= 4 is 11.9 Å². The number of hydrogen-bond acceptors (Lipinski definition) is 8. The highest BCUT2D eigenvalue weighted by molar-refractivity contribution is 5.71. The third kappa shape index (κ3) is 13.5. The number of carboxylic acids is 1. The molecule has 4 atom stereocenters. The number of rotatable bonds is 25. The highest BCUT2D eigenvalue weighted by atomic mass is 16.6. The first kappa shape index (κ1) is 55.6. The minimum atomic E-state index is -0.918. The van der Waals surface area contributed by atoms with Crippen molar-refractivity contribution in [3.05, 3.63) is 128 Å². The van der Waals surface area contributed by atoms with E-state index in [2.05, 4.69) is 129 Å². The van der Waals surface area contributed by atoms with Crippen LogP contribution < -0.4 is 9.47 Å². The number of aryl methyl sites for hydroxylation is 6. The normalized spacial score (nSPS) is 18.2. The lowest BCUT2D eigenvalue weighted by molar-refractivity contribution is -0.142. The van der Waals surface area contributed by atoms with Gasteiger partial charge in [0.25, 0.3) is 0 Å². The quantitative estimate of drug-likeness (QED) is 0.0477. The van der Waals surface area contributed by atoms with Crippen LogP contribution >= 0.6 is 0 Å². The van der Waals surface area contributed by atoms with Crippen LogP contribution in [0.5, 0.6) is 11.5 Å². The summed E-state index contributed by atoms with van der Waals surface area (Å²) >= 11 is 0. The van der Waals surface area contributed by atoms with Gasteiger partial charge in [0.2, 0.25) is 0 Å². The minimum Gasteiger partial charge on any atom is -0.491 e. The van der Waals surface area contributed by atoms with Crippen LogP contribution in [0.1, 0.15) is 187 Å². The Kier molecular flexibility index (Phi) is 18.7. The molecule has 0 aromatic heterocycles. The highest BCUT2D eigenvalue weighted by Gasteiger charge is 2.44. The fraction of sp³-hybridized carbons (Fsp3) is 0.581. The van der Waals surface area contributed by atoms with Gasteiger partial charge in [-0.1, -0.05) is 102 Å². The van der Waals surface area contributed by atoms with Gasteiger partial charge in [-0.3, -0.25) is 9.59 Å². The average molecular weight is 975 g/mol. The number of carbonyl (C=O) groups is 2. The summed E-state index contributed by atoms with van der Waals surface area (Å²) < 4.78 is 17.1. The summed E-state index contributed by atoms with van der Waals surface area (Å²) in [4.78, 5) is 22.1. The number of benzene rings is 4. The maximum atomic E-state index is 11.4. The summed E-state index contributed by atoms with van der Waals surface area (Å²) in [7, 11) is 0. The summed E-state index contributed by atoms with van der Waals surface area (Å²) in [6, 6.07) is 26.6. The van der Waals surface area contributed by atoms with Gasteiger partial charge >= 0.3 is 11.9 Å². The SMILES string of the molecule is CCC(CC)(c1ccc(CCC(O)C2(C)CC2)c(C)c1)c1ccc(OC[C@H](O)CCC(=O)O)c(C)c1.CCC(CC)(c1ccc(CCC(O)C2(C)CC2)c(C)c1)c1ccc(OC[C@H]2CCC(=O)O2)c(C)c1. The van der Waals surface area contributed by atoms with E-state index >= 15 is 0 Å². The van der Waals surface area contributed by atoms with Gasteiger partial charge in [-0.25, -0.2) is 0 Å². The molecule has 0 amide bonds. The van der Waals surface area contributed by atoms with Crippen molar-refractivity contribution in [1.82, 2.24) is 0 Å². The summed E-state index contributed by atoms with van der Waals surface area (Å²) in [6.45, 7) is 22.4. The second kappa shape index (κ2) is 23.9. The predicted molar refractivity (Wildman–Crippen MR) is 284 cm³/mol. The van der Waals surface area contributed by atoms with E-state index in [0.717, 1.165) is 100 Å². The van der Waals surface area contributed by atoms with Gasteiger partial charge in [-0.2, -0.15) is 0 Å². The van der Waals surface area contributed by atoms with E-state index in [-0.39, 0.29) is 65.4 Å². The van der Waals surface area contributed by atoms with Crippen molar-refractivity contribution in [2.75, 3.05) is 13.2 Å². The fourth-order valence-corrected chi connectivity index (χ4v) is 11.0. The molecule has 71 heavy (non-hydrogen) atoms. The lowest BCUT2D eigenvalue weighted by atomic mass is 9.69. The first-order valence-corrected chi connectivity index (χ1v) is 26.9. The molecule has 2 unspecified atom stereocenters. The molecule has 3 fully saturated rings. The van der Waals surface area contributed by atoms with E-state index in [9.17, 15) is 24.9 Å². The zero-order chi connectivity index (χ0) is 51.7. The summed E-state index contributed by atoms with van der Waals surface area (Å²) in [5, 5.41) is 39.9. The van der Waals surface area contributed by atoms with Crippen molar-refractivity contribution in [2.24, 2.45) is 10.8 Å². The van der Waals surface area contributed by atoms with Gasteiger partial charge in [0.15, 0.2) is 0 Å². The van der Waals surface area contributed by atoms with Crippen LogP contribution in [0.25, 0.3) is 0 Å². The van der Waals surface area contributed by atoms with E-state index in [1.165, 1.54) is 44.5 Å². The Labute approximate surface area is 425 Å². The Hall–Kier alpha value is -4.70. The molecule has 2 aliphatic carbocycles. The second-order valence-electron chi connectivity index (χ2n) is 22.1. The largest absolute Gasteiger partial charge is 0.491 e. The Morgan fingerprint density at radius 1 is 0.634 bits per heavy atom. The first-order chi connectivity index (χ1) is 33.7. The molecule has 1 saturated heterocycles. The lowest BCUT2D eigenvalue weighted by Crippen LogP contribution is -2.26. The van der Waals surface area contributed by atoms with Crippen molar-refractivity contribution in [2.45, 2.75) is 207 Å². The Balaban J connectivity index is 0.000000232. The van der Waals surface area contributed by atoms with E-state index in [1.807, 2.05) is 13.0 Å². The van der Waals surface area contributed by atoms with Crippen molar-refractivity contribution < 1.29 is 44.2 Å². The van der Waals surface area contributed by atoms with Crippen LogP contribution in [0.2, 0.25) is 0 Å². The van der Waals surface area contributed by atoms with Crippen LogP contribution in [0.15, 0.2) is 72.8 Å². The Morgan fingerprint density at radius 3 is 1.39 bits per heavy atom. The number of aliphatic hydroxyl groups excluding tert-OH is 3. The lowest BCUT2D eigenvalue weighted by Gasteiger charge is -2.34. The molecule has 1 heterocycles. The molecule has 0 spiro atoms. The molecule has 0 bridgehead atoms. The van der Waals surface area contributed by atoms with Crippen LogP contribution in [0.3, 0.4) is 0 Å². The molecule has 9 heteroatoms. The maximum absolute atomic E-state index is 11.4. The molecule has 7 rings (SSSR count). The fourth-order valence-electron chi connectivity index (χ4n) is 11.0. The maximum Gasteiger partial charge on any atom is 0.306 e. The number of hydrogen-bond donors (Lipinski definition) is 4. The van der Waals surface area contributed by atoms with Crippen molar-refractivity contribution in [1.29, 1.82) is 0 Å². The van der Waals surface area contributed by atoms with Gasteiger partial charge in [0, 0.05) is 23.7 Å². The van der Waals surface area contributed by atoms with E-state index < -0.39 is 12.1 Å². The molecule has 9 nitrogen and oxygen atoms in total. The van der Waals surface area contributed by atoms with Gasteiger partial charge in [-0.15, -0.1) is 0 Å². The topological polar surface area (TPSA) is 143 Å². The van der Waals surface area contributed by atoms with Gasteiger partial charge in [-0.05, 0) is 196 Å². The molecular formula is C62H86O9. The number of carboxylic acid groups (broad SMARTS) is 1. The molecule has 2 saturated carbocycles. The van der Waals surface area contributed by atoms with Gasteiger partial charge in [0.05, 0.1) is 18.3 Å². The third-order valence-electron chi connectivity index (χ3n) is 17.2. The van der Waals surface area contributed by atoms with Gasteiger partial charge < -0.3 is 34.6 Å². The number of ether oxygens (including phenoxy) is 3. The summed E-state index contributed by atoms with van der Waals surface area (Å²) in [6.07, 6.45) is 12.0. The molecule has 1 aliphatic heterocycles. The zero-order valence-electron chi connectivity index (χ0n) is 44.8. The Morgan fingerprint density at radius 2 is 1.04 bits per heavy atom. The van der Waals surface area contributed by atoms with E-state index in [1.54, 1.807) is 0 Å². The van der Waals surface area contributed by atoms with E-state index in [0.29, 0.717) is 18.8 Å². The molecule has 4 aromatic carbocycles. The molecule has 4 aromatic rings. The number of aliphatic hydroxyl groups is 3. The first-order valence-electron chi connectivity index (χ1n) is 26.9. The van der Waals surface area contributed by atoms with Crippen LogP contribution in [0, 0.1) is 38.5 Å². The summed E-state index contributed by atoms with van der Waals surface area (Å²) in [5.74, 6) is 0.519. The standard InChI is InChI=1S/C31H44O5.C31H42O4/c1-6-31(7-2,24-10-8-23(21(3)18-24)9-14-28(33)30(5)16-17-30)25-11-13-27(22(4)19-25)36-20-26(32)12-15-29(34)35;1-6-31(7-2,24-10-8-23(21(3)18-24)9-14-28(32)30(5)16-17-30)25-11-13-27(22(4)19-25)34-20-26-12-15-29(33)35-26/h8,10-11,13,18-19,26,28,32-33H,6-7,9,12,14-17,20H2,1-5H3,(H,34,35);8,10-11,13,18-19,26,28,32H,6-7,9,12,14-17,20H2,1-5H3/t2*26-,28?/m11/s1. The number of esters is 1. The zero-order valence-corrected chi connectivity index (χ0v) is 44.8. The second-order valence-corrected chi connectivity index (χ2v) is 22.1. The smallest absolute Gasteiger partial charge is 0.306 e. The third-order valence-corrected chi connectivity index (χ3v) is 17.2. The molecule has 4 N–H and O–H groups in total. The monoisotopic (exact) mass is 975 g/mol. The van der Waals surface area contributed by atoms with Crippen LogP contribution in [0.4, 0.5) is 0 Å². The predicted octanol–water partition coefficient (Wildman–Crippen LogP) is 12.7. The molecule has 3 aliphatic rings. The minimum absolute atomic E-state index is 0.0609. The molecule has 0 radical (unpaired) electrons. The van der Waals surface area contributed by atoms with Gasteiger partial charge in [0.1, 0.15) is 30.8 Å². The number of carbonyl (C=O) groups excluding carboxylic acids is 1.